The van der Waals surface area contributed by atoms with Gasteiger partial charge in [0.25, 0.3) is 5.91 Å². The molecule has 1 aromatic carbocycles. The van der Waals surface area contributed by atoms with Crippen LogP contribution in [0.3, 0.4) is 0 Å². The average Bonchev–Trinajstić information content (AvgIpc) is 3.32. The molecule has 7 heteroatoms. The normalized spacial score (nSPS) is 19.0. The Balaban J connectivity index is 1.39. The van der Waals surface area contributed by atoms with Crippen molar-refractivity contribution >= 4 is 5.91 Å². The lowest BCUT2D eigenvalue weighted by Gasteiger charge is -2.33. The number of aromatic nitrogens is 3. The molecule has 0 spiro atoms. The standard InChI is InChI=1S/C20H26FN5O/c1-15-19(22-23-26(15)18-6-4-17(21)5-7-18)20(27)25-12-8-16(9-13-25)14-24-10-2-3-11-24/h4-7,16H,2-3,8-14H2,1H3. The Hall–Kier alpha value is -2.28. The van der Waals surface area contributed by atoms with Crippen LogP contribution in [0.15, 0.2) is 24.3 Å². The highest BCUT2D eigenvalue weighted by Crippen LogP contribution is 2.22. The molecule has 0 aliphatic carbocycles. The fourth-order valence-electron chi connectivity index (χ4n) is 4.15. The molecule has 0 radical (unpaired) electrons. The van der Waals surface area contributed by atoms with Gasteiger partial charge in [0, 0.05) is 19.6 Å². The number of benzene rings is 1. The molecule has 27 heavy (non-hydrogen) atoms. The molecule has 1 amide bonds. The van der Waals surface area contributed by atoms with Crippen LogP contribution in [0.25, 0.3) is 5.69 Å². The maximum Gasteiger partial charge on any atom is 0.276 e. The monoisotopic (exact) mass is 371 g/mol. The number of rotatable bonds is 4. The zero-order valence-electron chi connectivity index (χ0n) is 15.8. The van der Waals surface area contributed by atoms with Gasteiger partial charge in [-0.05, 0) is 75.9 Å². The van der Waals surface area contributed by atoms with Crippen molar-refractivity contribution in [1.29, 1.82) is 0 Å². The predicted octanol–water partition coefficient (Wildman–Crippen LogP) is 2.66. The van der Waals surface area contributed by atoms with E-state index in [9.17, 15) is 9.18 Å². The number of hydrogen-bond acceptors (Lipinski definition) is 4. The van der Waals surface area contributed by atoms with E-state index in [2.05, 4.69) is 15.2 Å². The lowest BCUT2D eigenvalue weighted by molar-refractivity contribution is 0.0666. The van der Waals surface area contributed by atoms with Crippen LogP contribution >= 0.6 is 0 Å². The van der Waals surface area contributed by atoms with E-state index >= 15 is 0 Å². The van der Waals surface area contributed by atoms with Crippen molar-refractivity contribution < 1.29 is 9.18 Å². The van der Waals surface area contributed by atoms with Gasteiger partial charge in [-0.2, -0.15) is 0 Å². The topological polar surface area (TPSA) is 54.3 Å². The fraction of sp³-hybridized carbons (Fsp3) is 0.550. The van der Waals surface area contributed by atoms with Gasteiger partial charge in [-0.3, -0.25) is 4.79 Å². The molecule has 0 atom stereocenters. The van der Waals surface area contributed by atoms with Gasteiger partial charge in [0.15, 0.2) is 5.69 Å². The number of hydrogen-bond donors (Lipinski definition) is 0. The van der Waals surface area contributed by atoms with Gasteiger partial charge in [-0.25, -0.2) is 9.07 Å². The molecular weight excluding hydrogens is 345 g/mol. The van der Waals surface area contributed by atoms with Crippen LogP contribution in [-0.4, -0.2) is 63.4 Å². The highest BCUT2D eigenvalue weighted by Gasteiger charge is 2.28. The van der Waals surface area contributed by atoms with Gasteiger partial charge in [-0.1, -0.05) is 5.21 Å². The number of piperidine rings is 1. The molecule has 2 aliphatic rings. The minimum Gasteiger partial charge on any atom is -0.337 e. The second-order valence-corrected chi connectivity index (χ2v) is 7.65. The molecule has 0 N–H and O–H groups in total. The largest absolute Gasteiger partial charge is 0.337 e. The molecule has 0 bridgehead atoms. The Bertz CT molecular complexity index is 789. The first kappa shape index (κ1) is 18.1. The summed E-state index contributed by atoms with van der Waals surface area (Å²) in [6, 6.07) is 6.02. The van der Waals surface area contributed by atoms with Crippen molar-refractivity contribution in [3.8, 4) is 5.69 Å². The SMILES string of the molecule is Cc1c(C(=O)N2CCC(CN3CCCC3)CC2)nnn1-c1ccc(F)cc1. The Morgan fingerprint density at radius 2 is 1.78 bits per heavy atom. The number of nitrogens with zero attached hydrogens (tertiary/aromatic N) is 5. The number of halogens is 1. The number of amides is 1. The van der Waals surface area contributed by atoms with Crippen LogP contribution in [-0.2, 0) is 0 Å². The second kappa shape index (κ2) is 7.76. The minimum atomic E-state index is -0.301. The van der Waals surface area contributed by atoms with Gasteiger partial charge in [0.1, 0.15) is 5.82 Å². The Morgan fingerprint density at radius 3 is 2.44 bits per heavy atom. The van der Waals surface area contributed by atoms with E-state index in [0.717, 1.165) is 25.9 Å². The first-order valence-corrected chi connectivity index (χ1v) is 9.81. The quantitative estimate of drug-likeness (QED) is 0.829. The summed E-state index contributed by atoms with van der Waals surface area (Å²) in [6.45, 7) is 7.01. The average molecular weight is 371 g/mol. The predicted molar refractivity (Wildman–Crippen MR) is 100 cm³/mol. The van der Waals surface area contributed by atoms with Crippen LogP contribution in [0.2, 0.25) is 0 Å². The summed E-state index contributed by atoms with van der Waals surface area (Å²) in [6.07, 6.45) is 4.74. The number of carbonyl (C=O) groups is 1. The zero-order chi connectivity index (χ0) is 18.8. The van der Waals surface area contributed by atoms with Crippen LogP contribution in [0.1, 0.15) is 41.9 Å². The van der Waals surface area contributed by atoms with E-state index in [1.54, 1.807) is 16.8 Å². The van der Waals surface area contributed by atoms with Crippen molar-refractivity contribution in [3.05, 3.63) is 41.5 Å². The van der Waals surface area contributed by atoms with E-state index in [1.165, 1.54) is 44.6 Å². The Morgan fingerprint density at radius 1 is 1.11 bits per heavy atom. The van der Waals surface area contributed by atoms with Gasteiger partial charge >= 0.3 is 0 Å². The van der Waals surface area contributed by atoms with Crippen molar-refractivity contribution in [2.75, 3.05) is 32.7 Å². The second-order valence-electron chi connectivity index (χ2n) is 7.65. The first-order chi connectivity index (χ1) is 13.1. The van der Waals surface area contributed by atoms with Crippen LogP contribution in [0, 0.1) is 18.7 Å². The van der Waals surface area contributed by atoms with E-state index in [-0.39, 0.29) is 11.7 Å². The highest BCUT2D eigenvalue weighted by molar-refractivity contribution is 5.93. The van der Waals surface area contributed by atoms with Crippen LogP contribution < -0.4 is 0 Å². The molecule has 1 aromatic heterocycles. The molecule has 2 aromatic rings. The van der Waals surface area contributed by atoms with Gasteiger partial charge < -0.3 is 9.80 Å². The third kappa shape index (κ3) is 3.88. The Labute approximate surface area is 158 Å². The third-order valence-electron chi connectivity index (χ3n) is 5.79. The van der Waals surface area contributed by atoms with Crippen LogP contribution in [0.4, 0.5) is 4.39 Å². The summed E-state index contributed by atoms with van der Waals surface area (Å²) in [5, 5.41) is 8.22. The smallest absolute Gasteiger partial charge is 0.276 e. The summed E-state index contributed by atoms with van der Waals surface area (Å²) in [5.41, 5.74) is 1.77. The summed E-state index contributed by atoms with van der Waals surface area (Å²) >= 11 is 0. The van der Waals surface area contributed by atoms with E-state index in [4.69, 9.17) is 0 Å². The molecule has 2 saturated heterocycles. The summed E-state index contributed by atoms with van der Waals surface area (Å²) in [4.78, 5) is 17.4. The molecular formula is C20H26FN5O. The lowest BCUT2D eigenvalue weighted by Crippen LogP contribution is -2.41. The molecule has 0 saturated carbocycles. The summed E-state index contributed by atoms with van der Waals surface area (Å²) in [7, 11) is 0. The molecule has 0 unspecified atom stereocenters. The van der Waals surface area contributed by atoms with E-state index in [0.29, 0.717) is 23.0 Å². The zero-order valence-corrected chi connectivity index (χ0v) is 15.8. The van der Waals surface area contributed by atoms with Crippen molar-refractivity contribution in [2.45, 2.75) is 32.6 Å². The van der Waals surface area contributed by atoms with Crippen molar-refractivity contribution in [3.63, 3.8) is 0 Å². The minimum absolute atomic E-state index is 0.0551. The highest BCUT2D eigenvalue weighted by atomic mass is 19.1. The first-order valence-electron chi connectivity index (χ1n) is 9.81. The molecule has 3 heterocycles. The van der Waals surface area contributed by atoms with Crippen molar-refractivity contribution in [1.82, 2.24) is 24.8 Å². The Kier molecular flexibility index (Phi) is 5.20. The van der Waals surface area contributed by atoms with Gasteiger partial charge in [-0.15, -0.1) is 5.10 Å². The fourth-order valence-corrected chi connectivity index (χ4v) is 4.15. The summed E-state index contributed by atoms with van der Waals surface area (Å²) in [5.74, 6) is 0.327. The van der Waals surface area contributed by atoms with Gasteiger partial charge in [0.05, 0.1) is 11.4 Å². The molecule has 4 rings (SSSR count). The summed E-state index contributed by atoms with van der Waals surface area (Å²) < 4.78 is 14.7. The molecule has 2 fully saturated rings. The molecule has 2 aliphatic heterocycles. The maximum atomic E-state index is 13.1. The van der Waals surface area contributed by atoms with E-state index < -0.39 is 0 Å². The molecule has 6 nitrogen and oxygen atoms in total. The maximum absolute atomic E-state index is 13.1. The molecule has 144 valence electrons. The van der Waals surface area contributed by atoms with E-state index in [1.807, 2.05) is 11.8 Å². The third-order valence-corrected chi connectivity index (χ3v) is 5.79. The van der Waals surface area contributed by atoms with Crippen LogP contribution in [0.5, 0.6) is 0 Å². The number of carbonyl (C=O) groups excluding carboxylic acids is 1. The van der Waals surface area contributed by atoms with Crippen molar-refractivity contribution in [2.24, 2.45) is 5.92 Å². The number of likely N-dealkylation sites (tertiary alicyclic amines) is 2. The lowest BCUT2D eigenvalue weighted by atomic mass is 9.96. The van der Waals surface area contributed by atoms with Gasteiger partial charge in [0.2, 0.25) is 0 Å².